The molecule has 0 amide bonds. The number of benzene rings is 1. The molecule has 0 spiro atoms. The Morgan fingerprint density at radius 3 is 3.00 bits per heavy atom. The maximum absolute atomic E-state index is 11.2. The maximum Gasteiger partial charge on any atom is 0.336 e. The molecule has 0 aliphatic carbocycles. The summed E-state index contributed by atoms with van der Waals surface area (Å²) in [5.74, 6) is 0. The lowest BCUT2D eigenvalue weighted by Gasteiger charge is -2.05. The first-order chi connectivity index (χ1) is 7.70. The predicted octanol–water partition coefficient (Wildman–Crippen LogP) is 2.51. The van der Waals surface area contributed by atoms with E-state index in [-0.39, 0.29) is 5.63 Å². The van der Waals surface area contributed by atoms with Gasteiger partial charge in [0.05, 0.1) is 0 Å². The largest absolute Gasteiger partial charge is 0.423 e. The fourth-order valence-electron chi connectivity index (χ4n) is 1.59. The molecule has 1 aromatic carbocycles. The lowest BCUT2D eigenvalue weighted by molar-refractivity contribution is 0.560. The Morgan fingerprint density at radius 1 is 1.44 bits per heavy atom. The molecular formula is C12H11NO2S. The molecule has 82 valence electrons. The van der Waals surface area contributed by atoms with Crippen molar-refractivity contribution >= 4 is 34.2 Å². The Balaban J connectivity index is 2.52. The van der Waals surface area contributed by atoms with Gasteiger partial charge in [-0.2, -0.15) is 0 Å². The molecule has 0 aliphatic rings. The van der Waals surface area contributed by atoms with Gasteiger partial charge in [-0.15, -0.1) is 0 Å². The molecule has 1 aromatic heterocycles. The van der Waals surface area contributed by atoms with Gasteiger partial charge in [-0.25, -0.2) is 4.79 Å². The van der Waals surface area contributed by atoms with Crippen LogP contribution in [0.3, 0.4) is 0 Å². The van der Waals surface area contributed by atoms with Crippen LogP contribution in [-0.2, 0) is 0 Å². The van der Waals surface area contributed by atoms with Crippen molar-refractivity contribution in [1.82, 2.24) is 0 Å². The maximum atomic E-state index is 11.2. The number of thiocarbonyl (C=S) groups is 1. The Kier molecular flexibility index (Phi) is 3.01. The SMILES string of the molecule is Cc1cc(=O)oc2cc(NCC=S)ccc12. The highest BCUT2D eigenvalue weighted by molar-refractivity contribution is 7.79. The molecule has 3 nitrogen and oxygen atoms in total. The third-order valence-electron chi connectivity index (χ3n) is 2.34. The first kappa shape index (κ1) is 10.8. The zero-order valence-electron chi connectivity index (χ0n) is 8.82. The van der Waals surface area contributed by atoms with Crippen LogP contribution < -0.4 is 10.9 Å². The molecule has 4 heteroatoms. The van der Waals surface area contributed by atoms with Crippen LogP contribution in [0.2, 0.25) is 0 Å². The van der Waals surface area contributed by atoms with Crippen LogP contribution in [0.4, 0.5) is 5.69 Å². The van der Waals surface area contributed by atoms with Crippen LogP contribution in [0, 0.1) is 6.92 Å². The normalized spacial score (nSPS) is 10.3. The second-order valence-electron chi connectivity index (χ2n) is 3.51. The highest BCUT2D eigenvalue weighted by atomic mass is 32.1. The number of hydrogen-bond donors (Lipinski definition) is 1. The summed E-state index contributed by atoms with van der Waals surface area (Å²) in [6, 6.07) is 7.17. The summed E-state index contributed by atoms with van der Waals surface area (Å²) in [6.07, 6.45) is 0. The van der Waals surface area contributed by atoms with Crippen molar-refractivity contribution in [2.75, 3.05) is 11.9 Å². The van der Waals surface area contributed by atoms with Gasteiger partial charge in [0.2, 0.25) is 0 Å². The molecule has 0 bridgehead atoms. The van der Waals surface area contributed by atoms with Crippen LogP contribution in [0.1, 0.15) is 5.56 Å². The molecule has 0 aliphatic heterocycles. The number of nitrogens with one attached hydrogen (secondary N) is 1. The van der Waals surface area contributed by atoms with Crippen molar-refractivity contribution < 1.29 is 4.42 Å². The van der Waals surface area contributed by atoms with Gasteiger partial charge >= 0.3 is 5.63 Å². The smallest absolute Gasteiger partial charge is 0.336 e. The molecule has 0 fully saturated rings. The van der Waals surface area contributed by atoms with Gasteiger partial charge in [-0.1, -0.05) is 12.2 Å². The van der Waals surface area contributed by atoms with Crippen molar-refractivity contribution in [2.45, 2.75) is 6.92 Å². The molecule has 0 saturated carbocycles. The third-order valence-corrected chi connectivity index (χ3v) is 2.51. The summed E-state index contributed by atoms with van der Waals surface area (Å²) in [6.45, 7) is 2.50. The van der Waals surface area contributed by atoms with Crippen molar-refractivity contribution in [3.8, 4) is 0 Å². The third kappa shape index (κ3) is 2.12. The number of rotatable bonds is 3. The summed E-state index contributed by atoms with van der Waals surface area (Å²) >= 11 is 4.73. The number of anilines is 1. The van der Waals surface area contributed by atoms with E-state index in [1.165, 1.54) is 6.07 Å². The highest BCUT2D eigenvalue weighted by Gasteiger charge is 2.02. The lowest BCUT2D eigenvalue weighted by atomic mass is 10.1. The lowest BCUT2D eigenvalue weighted by Crippen LogP contribution is -2.02. The Bertz CT molecular complexity index is 589. The zero-order valence-corrected chi connectivity index (χ0v) is 9.64. The Hall–Kier alpha value is -1.68. The van der Waals surface area contributed by atoms with Gasteiger partial charge in [-0.05, 0) is 30.0 Å². The standard InChI is InChI=1S/C12H11NO2S/c1-8-6-12(14)15-11-7-9(13-4-5-16)2-3-10(8)11/h2-3,5-7,13H,4H2,1H3. The van der Waals surface area contributed by atoms with Gasteiger partial charge in [-0.3, -0.25) is 0 Å². The van der Waals surface area contributed by atoms with E-state index in [9.17, 15) is 4.79 Å². The summed E-state index contributed by atoms with van der Waals surface area (Å²) in [7, 11) is 0. The predicted molar refractivity (Wildman–Crippen MR) is 69.4 cm³/mol. The fourth-order valence-corrected chi connectivity index (χ4v) is 1.68. The van der Waals surface area contributed by atoms with E-state index in [2.05, 4.69) is 5.32 Å². The fraction of sp³-hybridized carbons (Fsp3) is 0.167. The second-order valence-corrected chi connectivity index (χ2v) is 3.84. The van der Waals surface area contributed by atoms with Gasteiger partial charge in [0.15, 0.2) is 0 Å². The van der Waals surface area contributed by atoms with Crippen LogP contribution in [0.5, 0.6) is 0 Å². The number of aryl methyl sites for hydroxylation is 1. The number of hydrogen-bond acceptors (Lipinski definition) is 4. The van der Waals surface area contributed by atoms with Gasteiger partial charge in [0.1, 0.15) is 5.58 Å². The monoisotopic (exact) mass is 233 g/mol. The molecular weight excluding hydrogens is 222 g/mol. The molecule has 0 atom stereocenters. The molecule has 1 heterocycles. The van der Waals surface area contributed by atoms with E-state index in [1.54, 1.807) is 5.37 Å². The van der Waals surface area contributed by atoms with E-state index in [0.29, 0.717) is 12.1 Å². The molecule has 0 unspecified atom stereocenters. The molecule has 1 N–H and O–H groups in total. The molecule has 2 rings (SSSR count). The average molecular weight is 233 g/mol. The number of fused-ring (bicyclic) bond motifs is 1. The van der Waals surface area contributed by atoms with Gasteiger partial charge in [0.25, 0.3) is 0 Å². The van der Waals surface area contributed by atoms with Crippen molar-refractivity contribution in [1.29, 1.82) is 0 Å². The van der Waals surface area contributed by atoms with E-state index in [1.807, 2.05) is 25.1 Å². The molecule has 16 heavy (non-hydrogen) atoms. The second kappa shape index (κ2) is 4.45. The molecule has 0 radical (unpaired) electrons. The highest BCUT2D eigenvalue weighted by Crippen LogP contribution is 2.20. The summed E-state index contributed by atoms with van der Waals surface area (Å²) in [5.41, 5.74) is 2.09. The Morgan fingerprint density at radius 2 is 2.25 bits per heavy atom. The van der Waals surface area contributed by atoms with Crippen molar-refractivity contribution in [2.24, 2.45) is 0 Å². The van der Waals surface area contributed by atoms with E-state index in [0.717, 1.165) is 16.6 Å². The topological polar surface area (TPSA) is 42.2 Å². The van der Waals surface area contributed by atoms with Gasteiger partial charge < -0.3 is 9.73 Å². The van der Waals surface area contributed by atoms with Crippen LogP contribution in [-0.4, -0.2) is 11.9 Å². The van der Waals surface area contributed by atoms with Crippen LogP contribution in [0.15, 0.2) is 33.5 Å². The van der Waals surface area contributed by atoms with E-state index >= 15 is 0 Å². The molecule has 2 aromatic rings. The summed E-state index contributed by atoms with van der Waals surface area (Å²) in [4.78, 5) is 11.2. The van der Waals surface area contributed by atoms with E-state index in [4.69, 9.17) is 16.6 Å². The van der Waals surface area contributed by atoms with Crippen molar-refractivity contribution in [3.05, 3.63) is 40.2 Å². The van der Waals surface area contributed by atoms with Crippen LogP contribution >= 0.6 is 12.2 Å². The van der Waals surface area contributed by atoms with Crippen LogP contribution in [0.25, 0.3) is 11.0 Å². The minimum absolute atomic E-state index is 0.322. The first-order valence-electron chi connectivity index (χ1n) is 4.93. The average Bonchev–Trinajstić information content (AvgIpc) is 2.25. The minimum Gasteiger partial charge on any atom is -0.423 e. The zero-order chi connectivity index (χ0) is 11.5. The minimum atomic E-state index is -0.322. The first-order valence-corrected chi connectivity index (χ1v) is 5.40. The summed E-state index contributed by atoms with van der Waals surface area (Å²) < 4.78 is 5.13. The van der Waals surface area contributed by atoms with Gasteiger partial charge in [0, 0.05) is 29.8 Å². The van der Waals surface area contributed by atoms with Crippen molar-refractivity contribution in [3.63, 3.8) is 0 Å². The quantitative estimate of drug-likeness (QED) is 0.653. The molecule has 0 saturated heterocycles. The summed E-state index contributed by atoms with van der Waals surface area (Å²) in [5, 5.41) is 5.66. The van der Waals surface area contributed by atoms with E-state index < -0.39 is 0 Å². The Labute approximate surface area is 98.1 Å².